The summed E-state index contributed by atoms with van der Waals surface area (Å²) in [5.41, 5.74) is 1.06. The first-order valence-electron chi connectivity index (χ1n) is 8.10. The maximum Gasteiger partial charge on any atom is 0.416 e. The van der Waals surface area contributed by atoms with Crippen LogP contribution in [-0.4, -0.2) is 10.5 Å². The lowest BCUT2D eigenvalue weighted by molar-refractivity contribution is -0.305. The molecule has 2 aromatic carbocycles. The molecule has 140 valence electrons. The molecule has 0 aliphatic carbocycles. The van der Waals surface area contributed by atoms with Gasteiger partial charge in [0.2, 0.25) is 0 Å². The summed E-state index contributed by atoms with van der Waals surface area (Å²) in [5.74, 6) is -1.69. The molecule has 3 rings (SSSR count). The fraction of sp³-hybridized carbons (Fsp3) is 0.150. The molecule has 0 aliphatic heterocycles. The Morgan fingerprint density at radius 2 is 1.70 bits per heavy atom. The minimum atomic E-state index is -4.51. The Kier molecular flexibility index (Phi) is 5.03. The van der Waals surface area contributed by atoms with Gasteiger partial charge in [0.15, 0.2) is 0 Å². The molecule has 0 amide bonds. The van der Waals surface area contributed by atoms with Crippen LogP contribution in [0.3, 0.4) is 0 Å². The molecule has 1 aromatic heterocycles. The van der Waals surface area contributed by atoms with Gasteiger partial charge in [-0.15, -0.1) is 0 Å². The third-order valence-electron chi connectivity index (χ3n) is 4.12. The summed E-state index contributed by atoms with van der Waals surface area (Å²) in [4.78, 5) is 10.8. The van der Waals surface area contributed by atoms with E-state index in [-0.39, 0.29) is 18.5 Å². The number of aromatic nitrogens is 1. The molecule has 0 bridgehead atoms. The number of aliphatic carboxylic acids is 1. The van der Waals surface area contributed by atoms with Gasteiger partial charge in [0.05, 0.1) is 11.3 Å². The lowest BCUT2D eigenvalue weighted by atomic mass is 10.1. The SMILES string of the molecule is O=C([O-])CCc1ccc(-c2ccc(F)cc2)n1-c1cccc(C(F)(F)F)c1. The van der Waals surface area contributed by atoms with Crippen molar-refractivity contribution in [2.75, 3.05) is 0 Å². The van der Waals surface area contributed by atoms with E-state index in [4.69, 9.17) is 0 Å². The van der Waals surface area contributed by atoms with E-state index in [1.165, 1.54) is 36.4 Å². The van der Waals surface area contributed by atoms with Crippen molar-refractivity contribution in [3.8, 4) is 16.9 Å². The zero-order valence-corrected chi connectivity index (χ0v) is 14.0. The van der Waals surface area contributed by atoms with Gasteiger partial charge in [-0.2, -0.15) is 13.2 Å². The van der Waals surface area contributed by atoms with Crippen LogP contribution in [0.25, 0.3) is 16.9 Å². The van der Waals surface area contributed by atoms with Crippen molar-refractivity contribution >= 4 is 5.97 Å². The van der Waals surface area contributed by atoms with Gasteiger partial charge in [-0.3, -0.25) is 0 Å². The van der Waals surface area contributed by atoms with Gasteiger partial charge in [-0.05, 0) is 73.0 Å². The summed E-state index contributed by atoms with van der Waals surface area (Å²) in [5, 5.41) is 10.8. The first-order chi connectivity index (χ1) is 12.8. The van der Waals surface area contributed by atoms with Crippen molar-refractivity contribution < 1.29 is 27.5 Å². The second-order valence-corrected chi connectivity index (χ2v) is 5.97. The monoisotopic (exact) mass is 376 g/mol. The molecule has 0 fully saturated rings. The van der Waals surface area contributed by atoms with Crippen LogP contribution in [0.5, 0.6) is 0 Å². The van der Waals surface area contributed by atoms with E-state index in [2.05, 4.69) is 0 Å². The fourth-order valence-electron chi connectivity index (χ4n) is 2.88. The number of hydrogen-bond acceptors (Lipinski definition) is 2. The number of hydrogen-bond donors (Lipinski definition) is 0. The minimum Gasteiger partial charge on any atom is -0.550 e. The summed E-state index contributed by atoms with van der Waals surface area (Å²) >= 11 is 0. The van der Waals surface area contributed by atoms with E-state index in [1.807, 2.05) is 0 Å². The average Bonchev–Trinajstić information content (AvgIpc) is 3.04. The Balaban J connectivity index is 2.14. The second kappa shape index (κ2) is 7.26. The first-order valence-corrected chi connectivity index (χ1v) is 8.10. The van der Waals surface area contributed by atoms with E-state index in [1.54, 1.807) is 16.7 Å². The Hall–Kier alpha value is -3.09. The minimum absolute atomic E-state index is 0.0831. The Labute approximate surface area is 152 Å². The van der Waals surface area contributed by atoms with Crippen LogP contribution >= 0.6 is 0 Å². The van der Waals surface area contributed by atoms with E-state index < -0.39 is 23.5 Å². The lowest BCUT2D eigenvalue weighted by Crippen LogP contribution is -2.22. The van der Waals surface area contributed by atoms with E-state index >= 15 is 0 Å². The van der Waals surface area contributed by atoms with E-state index in [9.17, 15) is 27.5 Å². The number of carboxylic acids is 1. The van der Waals surface area contributed by atoms with Gasteiger partial charge >= 0.3 is 6.18 Å². The highest BCUT2D eigenvalue weighted by molar-refractivity contribution is 5.66. The van der Waals surface area contributed by atoms with Gasteiger partial charge < -0.3 is 14.5 Å². The van der Waals surface area contributed by atoms with Crippen molar-refractivity contribution in [3.05, 3.63) is 77.7 Å². The zero-order chi connectivity index (χ0) is 19.6. The maximum absolute atomic E-state index is 13.2. The molecular formula is C20H14F4NO2-. The number of carbonyl (C=O) groups excluding carboxylic acids is 1. The van der Waals surface area contributed by atoms with Crippen LogP contribution in [0.2, 0.25) is 0 Å². The van der Waals surface area contributed by atoms with Gasteiger partial charge in [0.25, 0.3) is 0 Å². The number of halogens is 4. The molecule has 0 unspecified atom stereocenters. The molecule has 3 aromatic rings. The highest BCUT2D eigenvalue weighted by atomic mass is 19.4. The average molecular weight is 376 g/mol. The standard InChI is InChI=1S/C20H15F4NO2/c21-15-6-4-13(5-7-15)18-10-8-16(9-11-19(26)27)25(18)17-3-1-2-14(12-17)20(22,23)24/h1-8,10,12H,9,11H2,(H,26,27)/p-1. The summed E-state index contributed by atoms with van der Waals surface area (Å²) in [6, 6.07) is 13.6. The quantitative estimate of drug-likeness (QED) is 0.632. The molecule has 0 saturated heterocycles. The smallest absolute Gasteiger partial charge is 0.416 e. The number of aryl methyl sites for hydroxylation is 1. The Morgan fingerprint density at radius 3 is 2.33 bits per heavy atom. The molecule has 0 N–H and O–H groups in total. The molecule has 7 heteroatoms. The number of alkyl halides is 3. The summed E-state index contributed by atoms with van der Waals surface area (Å²) in [7, 11) is 0. The van der Waals surface area contributed by atoms with Crippen molar-refractivity contribution in [2.45, 2.75) is 19.0 Å². The maximum atomic E-state index is 13.2. The summed E-state index contributed by atoms with van der Waals surface area (Å²) in [6.07, 6.45) is -4.70. The molecule has 0 atom stereocenters. The van der Waals surface area contributed by atoms with Gasteiger partial charge in [0.1, 0.15) is 5.82 Å². The summed E-state index contributed by atoms with van der Waals surface area (Å²) in [6.45, 7) is 0. The molecule has 1 heterocycles. The normalized spacial score (nSPS) is 11.6. The third kappa shape index (κ3) is 4.19. The first kappa shape index (κ1) is 18.7. The lowest BCUT2D eigenvalue weighted by Gasteiger charge is -2.16. The molecule has 3 nitrogen and oxygen atoms in total. The second-order valence-electron chi connectivity index (χ2n) is 5.97. The number of nitrogens with zero attached hydrogens (tertiary/aromatic N) is 1. The number of rotatable bonds is 5. The summed E-state index contributed by atoms with van der Waals surface area (Å²) < 4.78 is 54.1. The molecule has 0 radical (unpaired) electrons. The highest BCUT2D eigenvalue weighted by Gasteiger charge is 2.30. The van der Waals surface area contributed by atoms with Crippen molar-refractivity contribution in [1.29, 1.82) is 0 Å². The molecule has 0 spiro atoms. The van der Waals surface area contributed by atoms with Crippen LogP contribution in [0.1, 0.15) is 17.7 Å². The predicted octanol–water partition coefficient (Wildman–Crippen LogP) is 3.98. The van der Waals surface area contributed by atoms with Crippen molar-refractivity contribution in [3.63, 3.8) is 0 Å². The predicted molar refractivity (Wildman–Crippen MR) is 89.5 cm³/mol. The van der Waals surface area contributed by atoms with Crippen LogP contribution < -0.4 is 5.11 Å². The topological polar surface area (TPSA) is 45.1 Å². The number of carboxylic acid groups (broad SMARTS) is 1. The fourth-order valence-corrected chi connectivity index (χ4v) is 2.88. The van der Waals surface area contributed by atoms with Crippen LogP contribution in [0.15, 0.2) is 60.7 Å². The largest absolute Gasteiger partial charge is 0.550 e. The Morgan fingerprint density at radius 1 is 1.00 bits per heavy atom. The Bertz CT molecular complexity index is 959. The van der Waals surface area contributed by atoms with Crippen molar-refractivity contribution in [2.24, 2.45) is 0 Å². The van der Waals surface area contributed by atoms with Crippen molar-refractivity contribution in [1.82, 2.24) is 4.57 Å². The van der Waals surface area contributed by atoms with Crippen LogP contribution in [0.4, 0.5) is 17.6 Å². The van der Waals surface area contributed by atoms with E-state index in [0.717, 1.165) is 12.1 Å². The molecule has 27 heavy (non-hydrogen) atoms. The highest BCUT2D eigenvalue weighted by Crippen LogP contribution is 2.33. The molecule has 0 aliphatic rings. The number of carbonyl (C=O) groups is 1. The van der Waals surface area contributed by atoms with Gasteiger partial charge in [0, 0.05) is 17.4 Å². The third-order valence-corrected chi connectivity index (χ3v) is 4.12. The van der Waals surface area contributed by atoms with Gasteiger partial charge in [-0.1, -0.05) is 6.07 Å². The number of benzene rings is 2. The molecule has 0 saturated carbocycles. The van der Waals surface area contributed by atoms with Crippen LogP contribution in [0, 0.1) is 5.82 Å². The molecular weight excluding hydrogens is 362 g/mol. The van der Waals surface area contributed by atoms with E-state index in [0.29, 0.717) is 17.0 Å². The zero-order valence-electron chi connectivity index (χ0n) is 14.0. The van der Waals surface area contributed by atoms with Crippen LogP contribution in [-0.2, 0) is 17.4 Å². The van der Waals surface area contributed by atoms with Gasteiger partial charge in [-0.25, -0.2) is 4.39 Å².